The van der Waals surface area contributed by atoms with Crippen LogP contribution in [-0.2, 0) is 14.8 Å². The lowest BCUT2D eigenvalue weighted by atomic mass is 10.1. The standard InChI is InChI=1S/C12H12N2O6S/c1-13(6-10(15)16)21(19,20)7-3-4-8-9(5-7)12(18)14(2)11(8)17/h3-5H,6H2,1-2H3,(H,15,16). The molecule has 9 heteroatoms. The summed E-state index contributed by atoms with van der Waals surface area (Å²) in [6.45, 7) is -0.702. The van der Waals surface area contributed by atoms with Crippen LogP contribution in [0.5, 0.6) is 0 Å². The molecule has 0 unspecified atom stereocenters. The van der Waals surface area contributed by atoms with Gasteiger partial charge in [-0.15, -0.1) is 0 Å². The van der Waals surface area contributed by atoms with E-state index in [1.54, 1.807) is 0 Å². The number of rotatable bonds is 4. The first kappa shape index (κ1) is 15.1. The number of benzene rings is 1. The van der Waals surface area contributed by atoms with Gasteiger partial charge in [-0.05, 0) is 18.2 Å². The summed E-state index contributed by atoms with van der Waals surface area (Å²) in [6, 6.07) is 3.52. The second-order valence-corrected chi connectivity index (χ2v) is 6.58. The monoisotopic (exact) mass is 312 g/mol. The summed E-state index contributed by atoms with van der Waals surface area (Å²) in [7, 11) is -1.62. The van der Waals surface area contributed by atoms with E-state index in [4.69, 9.17) is 5.11 Å². The van der Waals surface area contributed by atoms with Crippen molar-refractivity contribution in [1.82, 2.24) is 9.21 Å². The number of nitrogens with zero attached hydrogens (tertiary/aromatic N) is 2. The highest BCUT2D eigenvalue weighted by atomic mass is 32.2. The van der Waals surface area contributed by atoms with Crippen LogP contribution in [0.3, 0.4) is 0 Å². The van der Waals surface area contributed by atoms with E-state index >= 15 is 0 Å². The summed E-state index contributed by atoms with van der Waals surface area (Å²) >= 11 is 0. The molecule has 1 aromatic carbocycles. The first-order chi connectivity index (χ1) is 9.66. The van der Waals surface area contributed by atoms with Crippen molar-refractivity contribution >= 4 is 27.8 Å². The minimum atomic E-state index is -4.04. The molecule has 0 aliphatic carbocycles. The lowest BCUT2D eigenvalue weighted by Crippen LogP contribution is -2.32. The van der Waals surface area contributed by atoms with Gasteiger partial charge in [0.1, 0.15) is 6.54 Å². The largest absolute Gasteiger partial charge is 0.480 e. The number of amides is 2. The molecule has 1 aromatic rings. The smallest absolute Gasteiger partial charge is 0.318 e. The molecule has 1 aliphatic rings. The fourth-order valence-electron chi connectivity index (χ4n) is 1.96. The van der Waals surface area contributed by atoms with E-state index in [1.807, 2.05) is 0 Å². The Morgan fingerprint density at radius 2 is 1.81 bits per heavy atom. The van der Waals surface area contributed by atoms with Gasteiger partial charge in [-0.2, -0.15) is 4.31 Å². The van der Waals surface area contributed by atoms with Gasteiger partial charge in [-0.25, -0.2) is 8.42 Å². The third kappa shape index (κ3) is 2.41. The Labute approximate surface area is 120 Å². The van der Waals surface area contributed by atoms with Gasteiger partial charge in [0.25, 0.3) is 11.8 Å². The van der Waals surface area contributed by atoms with Crippen molar-refractivity contribution in [3.8, 4) is 0 Å². The van der Waals surface area contributed by atoms with Crippen LogP contribution in [0.15, 0.2) is 23.1 Å². The molecule has 0 bridgehead atoms. The first-order valence-corrected chi connectivity index (χ1v) is 7.25. The van der Waals surface area contributed by atoms with Gasteiger partial charge < -0.3 is 5.11 Å². The Morgan fingerprint density at radius 1 is 1.24 bits per heavy atom. The molecule has 1 aliphatic heterocycles. The van der Waals surface area contributed by atoms with Crippen molar-refractivity contribution < 1.29 is 27.9 Å². The molecule has 0 saturated carbocycles. The predicted molar refractivity (Wildman–Crippen MR) is 70.3 cm³/mol. The number of carbonyl (C=O) groups excluding carboxylic acids is 2. The number of hydrogen-bond acceptors (Lipinski definition) is 5. The average Bonchev–Trinajstić information content (AvgIpc) is 2.63. The predicted octanol–water partition coefficient (Wildman–Crippen LogP) is -0.383. The van der Waals surface area contributed by atoms with Crippen molar-refractivity contribution in [2.24, 2.45) is 0 Å². The molecule has 0 saturated heterocycles. The van der Waals surface area contributed by atoms with Gasteiger partial charge >= 0.3 is 5.97 Å². The zero-order chi connectivity index (χ0) is 15.9. The molecule has 0 aromatic heterocycles. The van der Waals surface area contributed by atoms with E-state index in [0.717, 1.165) is 18.0 Å². The van der Waals surface area contributed by atoms with Crippen molar-refractivity contribution in [2.45, 2.75) is 4.90 Å². The zero-order valence-corrected chi connectivity index (χ0v) is 12.0. The molecule has 0 fully saturated rings. The van der Waals surface area contributed by atoms with Gasteiger partial charge in [0, 0.05) is 14.1 Å². The lowest BCUT2D eigenvalue weighted by molar-refractivity contribution is -0.137. The maximum atomic E-state index is 12.2. The number of carbonyl (C=O) groups is 3. The Kier molecular flexibility index (Phi) is 3.56. The number of hydrogen-bond donors (Lipinski definition) is 1. The van der Waals surface area contributed by atoms with Crippen LogP contribution in [0.2, 0.25) is 0 Å². The SMILES string of the molecule is CN1C(=O)c2ccc(S(=O)(=O)N(C)CC(=O)O)cc2C1=O. The molecule has 0 atom stereocenters. The fraction of sp³-hybridized carbons (Fsp3) is 0.250. The Bertz CT molecular complexity index is 755. The maximum Gasteiger partial charge on any atom is 0.318 e. The van der Waals surface area contributed by atoms with Crippen LogP contribution in [0, 0.1) is 0 Å². The van der Waals surface area contributed by atoms with Crippen molar-refractivity contribution in [1.29, 1.82) is 0 Å². The number of sulfonamides is 1. The number of imide groups is 1. The summed E-state index contributed by atoms with van der Waals surface area (Å²) in [6.07, 6.45) is 0. The van der Waals surface area contributed by atoms with Crippen molar-refractivity contribution in [3.05, 3.63) is 29.3 Å². The summed E-state index contributed by atoms with van der Waals surface area (Å²) in [5, 5.41) is 8.65. The number of carboxylic acid groups (broad SMARTS) is 1. The number of carboxylic acids is 1. The molecule has 1 N–H and O–H groups in total. The number of aliphatic carboxylic acids is 1. The van der Waals surface area contributed by atoms with Gasteiger partial charge in [0.2, 0.25) is 10.0 Å². The highest BCUT2D eigenvalue weighted by Crippen LogP contribution is 2.25. The van der Waals surface area contributed by atoms with Crippen LogP contribution in [-0.4, -0.2) is 61.2 Å². The molecule has 0 radical (unpaired) electrons. The maximum absolute atomic E-state index is 12.2. The molecular formula is C12H12N2O6S. The quantitative estimate of drug-likeness (QED) is 0.758. The second-order valence-electron chi connectivity index (χ2n) is 4.53. The molecule has 2 rings (SSSR count). The Morgan fingerprint density at radius 3 is 2.38 bits per heavy atom. The molecule has 1 heterocycles. The summed E-state index contributed by atoms with van der Waals surface area (Å²) in [5.41, 5.74) is 0.120. The van der Waals surface area contributed by atoms with Gasteiger partial charge in [0.05, 0.1) is 16.0 Å². The van der Waals surface area contributed by atoms with Crippen LogP contribution in [0.25, 0.3) is 0 Å². The zero-order valence-electron chi connectivity index (χ0n) is 11.2. The van der Waals surface area contributed by atoms with Gasteiger partial charge in [0.15, 0.2) is 0 Å². The van der Waals surface area contributed by atoms with Crippen LogP contribution in [0.1, 0.15) is 20.7 Å². The molecule has 112 valence electrons. The second kappa shape index (κ2) is 4.93. The molecule has 2 amide bonds. The van der Waals surface area contributed by atoms with Crippen LogP contribution >= 0.6 is 0 Å². The fourth-order valence-corrected chi connectivity index (χ4v) is 3.10. The number of fused-ring (bicyclic) bond motifs is 1. The van der Waals surface area contributed by atoms with Gasteiger partial charge in [-0.1, -0.05) is 0 Å². The Hall–Kier alpha value is -2.26. The lowest BCUT2D eigenvalue weighted by Gasteiger charge is -2.15. The Balaban J connectivity index is 2.47. The minimum absolute atomic E-state index is 0.00713. The summed E-state index contributed by atoms with van der Waals surface area (Å²) < 4.78 is 25.0. The highest BCUT2D eigenvalue weighted by Gasteiger charge is 2.34. The van der Waals surface area contributed by atoms with Crippen LogP contribution < -0.4 is 0 Å². The topological polar surface area (TPSA) is 112 Å². The highest BCUT2D eigenvalue weighted by molar-refractivity contribution is 7.89. The molecule has 21 heavy (non-hydrogen) atoms. The summed E-state index contributed by atoms with van der Waals surface area (Å²) in [4.78, 5) is 34.8. The van der Waals surface area contributed by atoms with Crippen molar-refractivity contribution in [2.75, 3.05) is 20.6 Å². The normalized spacial score (nSPS) is 14.7. The molecule has 0 spiro atoms. The summed E-state index contributed by atoms with van der Waals surface area (Å²) in [5.74, 6) is -2.39. The molecular weight excluding hydrogens is 300 g/mol. The third-order valence-electron chi connectivity index (χ3n) is 3.13. The van der Waals surface area contributed by atoms with Crippen LogP contribution in [0.4, 0.5) is 0 Å². The first-order valence-electron chi connectivity index (χ1n) is 5.81. The van der Waals surface area contributed by atoms with Gasteiger partial charge in [-0.3, -0.25) is 19.3 Å². The van der Waals surface area contributed by atoms with E-state index in [0.29, 0.717) is 4.31 Å². The molecule has 8 nitrogen and oxygen atoms in total. The minimum Gasteiger partial charge on any atom is -0.480 e. The van der Waals surface area contributed by atoms with E-state index < -0.39 is 34.4 Å². The van der Waals surface area contributed by atoms with Crippen molar-refractivity contribution in [3.63, 3.8) is 0 Å². The van der Waals surface area contributed by atoms with E-state index in [2.05, 4.69) is 0 Å². The third-order valence-corrected chi connectivity index (χ3v) is 4.93. The van der Waals surface area contributed by atoms with E-state index in [-0.39, 0.29) is 16.0 Å². The average molecular weight is 312 g/mol. The van der Waals surface area contributed by atoms with E-state index in [9.17, 15) is 22.8 Å². The van der Waals surface area contributed by atoms with E-state index in [1.165, 1.54) is 19.2 Å². The number of likely N-dealkylation sites (N-methyl/N-ethyl adjacent to an activating group) is 1.